The average molecular weight is 303 g/mol. The molecule has 0 spiro atoms. The second kappa shape index (κ2) is 6.18. The van der Waals surface area contributed by atoms with Crippen LogP contribution in [0.25, 0.3) is 11.0 Å². The Morgan fingerprint density at radius 1 is 1.44 bits per heavy atom. The van der Waals surface area contributed by atoms with E-state index in [-0.39, 0.29) is 0 Å². The van der Waals surface area contributed by atoms with Crippen LogP contribution in [-0.4, -0.2) is 21.6 Å². The number of fused-ring (bicyclic) bond motifs is 1. The van der Waals surface area contributed by atoms with Crippen molar-refractivity contribution in [1.82, 2.24) is 9.55 Å². The number of imidazole rings is 1. The van der Waals surface area contributed by atoms with E-state index in [0.29, 0.717) is 11.9 Å². The zero-order valence-corrected chi connectivity index (χ0v) is 12.8. The number of alkyl halides is 1. The normalized spacial score (nSPS) is 13.1. The third-order valence-electron chi connectivity index (χ3n) is 3.03. The highest BCUT2D eigenvalue weighted by molar-refractivity contribution is 7.98. The Labute approximate surface area is 122 Å². The maximum atomic E-state index is 6.30. The van der Waals surface area contributed by atoms with Crippen LogP contribution in [0.15, 0.2) is 18.2 Å². The Balaban J connectivity index is 2.52. The molecule has 1 unspecified atom stereocenters. The predicted molar refractivity (Wildman–Crippen MR) is 82.0 cm³/mol. The highest BCUT2D eigenvalue weighted by atomic mass is 35.5. The van der Waals surface area contributed by atoms with Crippen molar-refractivity contribution in [3.63, 3.8) is 0 Å². The molecule has 0 fully saturated rings. The van der Waals surface area contributed by atoms with Gasteiger partial charge in [0.15, 0.2) is 0 Å². The Hall–Kier alpha value is -0.380. The lowest BCUT2D eigenvalue weighted by Gasteiger charge is -2.17. The third kappa shape index (κ3) is 2.63. The molecule has 0 saturated carbocycles. The highest BCUT2D eigenvalue weighted by Gasteiger charge is 2.16. The molecule has 1 heterocycles. The van der Waals surface area contributed by atoms with Gasteiger partial charge >= 0.3 is 0 Å². The molecule has 98 valence electrons. The minimum atomic E-state index is 0.357. The maximum absolute atomic E-state index is 6.30. The van der Waals surface area contributed by atoms with Crippen LogP contribution < -0.4 is 0 Å². The fraction of sp³-hybridized carbons (Fsp3) is 0.462. The SMILES string of the molecule is CSCCC(C)n1c(CCl)nc2cccc(Cl)c21. The van der Waals surface area contributed by atoms with Crippen LogP contribution in [0.2, 0.25) is 5.02 Å². The number of rotatable bonds is 5. The van der Waals surface area contributed by atoms with Gasteiger partial charge in [0, 0.05) is 6.04 Å². The lowest BCUT2D eigenvalue weighted by Crippen LogP contribution is -2.09. The second-order valence-electron chi connectivity index (χ2n) is 4.27. The van der Waals surface area contributed by atoms with Crippen molar-refractivity contribution in [1.29, 1.82) is 0 Å². The van der Waals surface area contributed by atoms with E-state index in [1.54, 1.807) is 0 Å². The van der Waals surface area contributed by atoms with E-state index < -0.39 is 0 Å². The summed E-state index contributed by atoms with van der Waals surface area (Å²) >= 11 is 14.2. The van der Waals surface area contributed by atoms with Gasteiger partial charge in [-0.2, -0.15) is 11.8 Å². The quantitative estimate of drug-likeness (QED) is 0.742. The van der Waals surface area contributed by atoms with Crippen LogP contribution in [0, 0.1) is 0 Å². The summed E-state index contributed by atoms with van der Waals surface area (Å²) in [5, 5.41) is 0.743. The van der Waals surface area contributed by atoms with E-state index in [1.165, 1.54) is 0 Å². The molecule has 0 aliphatic rings. The summed E-state index contributed by atoms with van der Waals surface area (Å²) in [4.78, 5) is 4.56. The van der Waals surface area contributed by atoms with Gasteiger partial charge in [-0.1, -0.05) is 17.7 Å². The number of benzene rings is 1. The van der Waals surface area contributed by atoms with E-state index >= 15 is 0 Å². The minimum absolute atomic E-state index is 0.357. The van der Waals surface area contributed by atoms with Gasteiger partial charge in [-0.3, -0.25) is 0 Å². The Morgan fingerprint density at radius 2 is 2.22 bits per heavy atom. The number of hydrogen-bond acceptors (Lipinski definition) is 2. The fourth-order valence-electron chi connectivity index (χ4n) is 2.14. The van der Waals surface area contributed by atoms with E-state index in [0.717, 1.165) is 34.1 Å². The highest BCUT2D eigenvalue weighted by Crippen LogP contribution is 2.29. The molecule has 5 heteroatoms. The first-order valence-electron chi connectivity index (χ1n) is 5.89. The van der Waals surface area contributed by atoms with E-state index in [2.05, 4.69) is 22.7 Å². The Bertz CT molecular complexity index is 539. The van der Waals surface area contributed by atoms with Gasteiger partial charge in [-0.25, -0.2) is 4.98 Å². The first kappa shape index (κ1) is 14.0. The molecule has 18 heavy (non-hydrogen) atoms. The number of hydrogen-bond donors (Lipinski definition) is 0. The van der Waals surface area contributed by atoms with Crippen molar-refractivity contribution in [3.05, 3.63) is 29.0 Å². The number of para-hydroxylation sites is 1. The van der Waals surface area contributed by atoms with E-state index in [1.807, 2.05) is 30.0 Å². The molecule has 0 aliphatic carbocycles. The number of aromatic nitrogens is 2. The van der Waals surface area contributed by atoms with Crippen molar-refractivity contribution in [2.45, 2.75) is 25.3 Å². The number of halogens is 2. The predicted octanol–water partition coefficient (Wildman–Crippen LogP) is 4.74. The minimum Gasteiger partial charge on any atom is -0.323 e. The smallest absolute Gasteiger partial charge is 0.125 e. The van der Waals surface area contributed by atoms with Crippen LogP contribution in [-0.2, 0) is 5.88 Å². The summed E-state index contributed by atoms with van der Waals surface area (Å²) in [5.74, 6) is 2.43. The van der Waals surface area contributed by atoms with Gasteiger partial charge in [-0.15, -0.1) is 11.6 Å². The third-order valence-corrected chi connectivity index (χ3v) is 4.22. The molecule has 0 aliphatic heterocycles. The Morgan fingerprint density at radius 3 is 2.89 bits per heavy atom. The molecule has 0 bridgehead atoms. The molecule has 2 nitrogen and oxygen atoms in total. The first-order valence-corrected chi connectivity index (χ1v) is 8.20. The largest absolute Gasteiger partial charge is 0.323 e. The Kier molecular flexibility index (Phi) is 4.82. The van der Waals surface area contributed by atoms with Gasteiger partial charge in [0.2, 0.25) is 0 Å². The molecule has 0 N–H and O–H groups in total. The van der Waals surface area contributed by atoms with Crippen molar-refractivity contribution in [3.8, 4) is 0 Å². The molecule has 1 aromatic heterocycles. The van der Waals surface area contributed by atoms with Gasteiger partial charge in [-0.05, 0) is 37.5 Å². The molecular weight excluding hydrogens is 287 g/mol. The summed E-state index contributed by atoms with van der Waals surface area (Å²) in [6.07, 6.45) is 3.20. The zero-order chi connectivity index (χ0) is 13.1. The number of nitrogens with zero attached hydrogens (tertiary/aromatic N) is 2. The van der Waals surface area contributed by atoms with Crippen LogP contribution in [0.1, 0.15) is 25.2 Å². The van der Waals surface area contributed by atoms with Gasteiger partial charge < -0.3 is 4.57 Å². The zero-order valence-electron chi connectivity index (χ0n) is 10.5. The van der Waals surface area contributed by atoms with Gasteiger partial charge in [0.1, 0.15) is 5.82 Å². The lowest BCUT2D eigenvalue weighted by molar-refractivity contribution is 0.534. The molecule has 0 radical (unpaired) electrons. The van der Waals surface area contributed by atoms with Crippen LogP contribution in [0.4, 0.5) is 0 Å². The van der Waals surface area contributed by atoms with Crippen molar-refractivity contribution < 1.29 is 0 Å². The maximum Gasteiger partial charge on any atom is 0.125 e. The van der Waals surface area contributed by atoms with Gasteiger partial charge in [0.05, 0.1) is 21.9 Å². The fourth-order valence-corrected chi connectivity index (χ4v) is 3.17. The van der Waals surface area contributed by atoms with Crippen molar-refractivity contribution >= 4 is 46.0 Å². The molecule has 1 aromatic carbocycles. The second-order valence-corrected chi connectivity index (χ2v) is 5.93. The summed E-state index contributed by atoms with van der Waals surface area (Å²) in [5.41, 5.74) is 1.93. The van der Waals surface area contributed by atoms with Crippen LogP contribution in [0.5, 0.6) is 0 Å². The van der Waals surface area contributed by atoms with Crippen molar-refractivity contribution in [2.24, 2.45) is 0 Å². The van der Waals surface area contributed by atoms with Crippen molar-refractivity contribution in [2.75, 3.05) is 12.0 Å². The number of thioether (sulfide) groups is 1. The molecule has 2 rings (SSSR count). The summed E-state index contributed by atoms with van der Waals surface area (Å²) < 4.78 is 2.18. The lowest BCUT2D eigenvalue weighted by atomic mass is 10.2. The molecular formula is C13H16Cl2N2S. The van der Waals surface area contributed by atoms with Gasteiger partial charge in [0.25, 0.3) is 0 Å². The summed E-state index contributed by atoms with van der Waals surface area (Å²) in [7, 11) is 0. The average Bonchev–Trinajstić information content (AvgIpc) is 2.76. The summed E-state index contributed by atoms with van der Waals surface area (Å²) in [6, 6.07) is 6.17. The monoisotopic (exact) mass is 302 g/mol. The topological polar surface area (TPSA) is 17.8 Å². The molecule has 0 amide bonds. The molecule has 0 saturated heterocycles. The van der Waals surface area contributed by atoms with Crippen LogP contribution >= 0.6 is 35.0 Å². The summed E-state index contributed by atoms with van der Waals surface area (Å²) in [6.45, 7) is 2.19. The molecule has 2 aromatic rings. The van der Waals surface area contributed by atoms with E-state index in [4.69, 9.17) is 23.2 Å². The first-order chi connectivity index (χ1) is 8.69. The van der Waals surface area contributed by atoms with E-state index in [9.17, 15) is 0 Å². The standard InChI is InChI=1S/C13H16Cl2N2S/c1-9(6-7-18-2)17-12(8-14)16-11-5-3-4-10(15)13(11)17/h3-5,9H,6-8H2,1-2H3. The molecule has 1 atom stereocenters. The van der Waals surface area contributed by atoms with Crippen LogP contribution in [0.3, 0.4) is 0 Å².